The van der Waals surface area contributed by atoms with Gasteiger partial charge in [-0.25, -0.2) is 4.98 Å². The number of rotatable bonds is 7. The van der Waals surface area contributed by atoms with Gasteiger partial charge in [0.15, 0.2) is 5.13 Å². The summed E-state index contributed by atoms with van der Waals surface area (Å²) in [6, 6.07) is 11.6. The van der Waals surface area contributed by atoms with E-state index in [9.17, 15) is 4.79 Å². The zero-order valence-electron chi connectivity index (χ0n) is 16.9. The lowest BCUT2D eigenvalue weighted by atomic mass is 10.2. The quantitative estimate of drug-likeness (QED) is 0.397. The highest BCUT2D eigenvalue weighted by molar-refractivity contribution is 7.98. The number of amides is 1. The van der Waals surface area contributed by atoms with Gasteiger partial charge in [-0.3, -0.25) is 9.69 Å². The number of aromatic nitrogens is 1. The Kier molecular flexibility index (Phi) is 8.79. The van der Waals surface area contributed by atoms with Crippen molar-refractivity contribution in [2.24, 2.45) is 0 Å². The maximum Gasteiger partial charge on any atom is 0.261 e. The standard InChI is InChI=1S/C21H24ClN3OS2.ClH/c1-14-16(22)10-11-18-19(14)23-21(28-18)25(13-7-12-24(2)3)20(26)15-8-5-6-9-17(15)27-4;/h5-6,8-11H,7,12-13H2,1-4H3;1H. The first-order valence-electron chi connectivity index (χ1n) is 9.07. The van der Waals surface area contributed by atoms with Gasteiger partial charge in [-0.15, -0.1) is 24.2 Å². The lowest BCUT2D eigenvalue weighted by Gasteiger charge is -2.22. The number of carbonyl (C=O) groups excluding carboxylic acids is 1. The van der Waals surface area contributed by atoms with Gasteiger partial charge in [0.1, 0.15) is 0 Å². The molecule has 0 saturated heterocycles. The Labute approximate surface area is 191 Å². The summed E-state index contributed by atoms with van der Waals surface area (Å²) in [6.45, 7) is 3.49. The summed E-state index contributed by atoms with van der Waals surface area (Å²) in [5.41, 5.74) is 2.54. The van der Waals surface area contributed by atoms with Crippen LogP contribution in [0.15, 0.2) is 41.3 Å². The van der Waals surface area contributed by atoms with Crippen LogP contribution in [0.4, 0.5) is 5.13 Å². The van der Waals surface area contributed by atoms with Crippen molar-refractivity contribution >= 4 is 68.4 Å². The molecule has 8 heteroatoms. The summed E-state index contributed by atoms with van der Waals surface area (Å²) in [6.07, 6.45) is 2.86. The van der Waals surface area contributed by atoms with Crippen LogP contribution < -0.4 is 4.90 Å². The van der Waals surface area contributed by atoms with Gasteiger partial charge in [-0.1, -0.05) is 35.1 Å². The van der Waals surface area contributed by atoms with Gasteiger partial charge in [0.05, 0.1) is 15.8 Å². The van der Waals surface area contributed by atoms with Crippen LogP contribution in [0.5, 0.6) is 0 Å². The average Bonchev–Trinajstić information content (AvgIpc) is 3.12. The molecule has 2 aromatic carbocycles. The summed E-state index contributed by atoms with van der Waals surface area (Å²) in [4.78, 5) is 23.2. The molecule has 0 fully saturated rings. The molecule has 0 bridgehead atoms. The van der Waals surface area contributed by atoms with Crippen molar-refractivity contribution in [3.63, 3.8) is 0 Å². The van der Waals surface area contributed by atoms with Crippen LogP contribution in [0.25, 0.3) is 10.2 Å². The molecule has 3 rings (SSSR count). The van der Waals surface area contributed by atoms with Crippen molar-refractivity contribution in [2.75, 3.05) is 38.3 Å². The highest BCUT2D eigenvalue weighted by atomic mass is 35.5. The number of nitrogens with zero attached hydrogens (tertiary/aromatic N) is 3. The van der Waals surface area contributed by atoms with E-state index in [2.05, 4.69) is 4.90 Å². The van der Waals surface area contributed by atoms with E-state index in [1.165, 1.54) is 11.3 Å². The normalized spacial score (nSPS) is 11.0. The SMILES string of the molecule is CSc1ccccc1C(=O)N(CCCN(C)C)c1nc2c(C)c(Cl)ccc2s1.Cl. The molecule has 0 unspecified atom stereocenters. The Morgan fingerprint density at radius 3 is 2.59 bits per heavy atom. The number of anilines is 1. The summed E-state index contributed by atoms with van der Waals surface area (Å²) >= 11 is 9.39. The number of thioether (sulfide) groups is 1. The molecule has 3 aromatic rings. The summed E-state index contributed by atoms with van der Waals surface area (Å²) in [5, 5.41) is 1.42. The lowest BCUT2D eigenvalue weighted by molar-refractivity contribution is 0.0983. The molecular weight excluding hydrogens is 445 g/mol. The molecule has 29 heavy (non-hydrogen) atoms. The molecule has 0 aliphatic rings. The number of fused-ring (bicyclic) bond motifs is 1. The number of thiazole rings is 1. The van der Waals surface area contributed by atoms with E-state index in [0.29, 0.717) is 17.1 Å². The van der Waals surface area contributed by atoms with Crippen LogP contribution in [0.2, 0.25) is 5.02 Å². The van der Waals surface area contributed by atoms with Crippen molar-refractivity contribution < 1.29 is 4.79 Å². The van der Waals surface area contributed by atoms with Crippen molar-refractivity contribution in [3.8, 4) is 0 Å². The highest BCUT2D eigenvalue weighted by Crippen LogP contribution is 2.34. The molecule has 0 radical (unpaired) electrons. The van der Waals surface area contributed by atoms with Gasteiger partial charge >= 0.3 is 0 Å². The van der Waals surface area contributed by atoms with Crippen LogP contribution in [-0.4, -0.2) is 49.2 Å². The fourth-order valence-corrected chi connectivity index (χ4v) is 4.79. The summed E-state index contributed by atoms with van der Waals surface area (Å²) in [5.74, 6) is -0.00786. The first-order valence-corrected chi connectivity index (χ1v) is 11.5. The second-order valence-corrected chi connectivity index (χ2v) is 9.09. The largest absolute Gasteiger partial charge is 0.309 e. The van der Waals surface area contributed by atoms with Gasteiger partial charge in [-0.2, -0.15) is 0 Å². The van der Waals surface area contributed by atoms with Gasteiger partial charge in [0, 0.05) is 16.5 Å². The van der Waals surface area contributed by atoms with Crippen molar-refractivity contribution in [2.45, 2.75) is 18.2 Å². The predicted molar refractivity (Wildman–Crippen MR) is 130 cm³/mol. The van der Waals surface area contributed by atoms with Gasteiger partial charge < -0.3 is 4.90 Å². The average molecular weight is 470 g/mol. The van der Waals surface area contributed by atoms with Crippen molar-refractivity contribution in [1.29, 1.82) is 0 Å². The topological polar surface area (TPSA) is 36.4 Å². The Morgan fingerprint density at radius 1 is 1.17 bits per heavy atom. The third-order valence-corrected chi connectivity index (χ3v) is 6.79. The molecule has 0 N–H and O–H groups in total. The molecule has 4 nitrogen and oxygen atoms in total. The smallest absolute Gasteiger partial charge is 0.261 e. The summed E-state index contributed by atoms with van der Waals surface area (Å²) in [7, 11) is 4.08. The minimum atomic E-state index is -0.00786. The maximum absolute atomic E-state index is 13.5. The number of aryl methyl sites for hydroxylation is 1. The molecule has 0 saturated carbocycles. The second-order valence-electron chi connectivity index (χ2n) is 6.83. The fourth-order valence-electron chi connectivity index (χ4n) is 3.00. The molecule has 156 valence electrons. The van der Waals surface area contributed by atoms with Crippen LogP contribution in [0.1, 0.15) is 22.3 Å². The summed E-state index contributed by atoms with van der Waals surface area (Å²) < 4.78 is 1.04. The first-order chi connectivity index (χ1) is 13.4. The van der Waals surface area contributed by atoms with E-state index >= 15 is 0 Å². The number of halogens is 2. The Bertz CT molecular complexity index is 991. The van der Waals surface area contributed by atoms with E-state index < -0.39 is 0 Å². The lowest BCUT2D eigenvalue weighted by Crippen LogP contribution is -2.33. The fraction of sp³-hybridized carbons (Fsp3) is 0.333. The molecule has 1 amide bonds. The number of hydrogen-bond acceptors (Lipinski definition) is 5. The number of benzene rings is 2. The van der Waals surface area contributed by atoms with Crippen molar-refractivity contribution in [3.05, 3.63) is 52.5 Å². The van der Waals surface area contributed by atoms with E-state index in [4.69, 9.17) is 16.6 Å². The molecule has 1 aromatic heterocycles. The van der Waals surface area contributed by atoms with E-state index in [1.54, 1.807) is 11.8 Å². The van der Waals surface area contributed by atoms with Crippen LogP contribution in [0, 0.1) is 6.92 Å². The molecular formula is C21H25Cl2N3OS2. The van der Waals surface area contributed by atoms with Crippen LogP contribution in [0.3, 0.4) is 0 Å². The zero-order valence-corrected chi connectivity index (χ0v) is 20.1. The van der Waals surface area contributed by atoms with Crippen molar-refractivity contribution in [1.82, 2.24) is 9.88 Å². The monoisotopic (exact) mass is 469 g/mol. The van der Waals surface area contributed by atoms with E-state index in [0.717, 1.165) is 38.8 Å². The Balaban J connectivity index is 0.00000300. The van der Waals surface area contributed by atoms with E-state index in [-0.39, 0.29) is 18.3 Å². The van der Waals surface area contributed by atoms with Gasteiger partial charge in [0.25, 0.3) is 5.91 Å². The first kappa shape index (κ1) is 24.0. The highest BCUT2D eigenvalue weighted by Gasteiger charge is 2.23. The minimum Gasteiger partial charge on any atom is -0.309 e. The van der Waals surface area contributed by atoms with Gasteiger partial charge in [0.2, 0.25) is 0 Å². The van der Waals surface area contributed by atoms with E-state index in [1.807, 2.05) is 68.6 Å². The Morgan fingerprint density at radius 2 is 1.90 bits per heavy atom. The number of hydrogen-bond donors (Lipinski definition) is 0. The van der Waals surface area contributed by atoms with Crippen LogP contribution >= 0.6 is 47.1 Å². The number of carbonyl (C=O) groups is 1. The third kappa shape index (κ3) is 5.44. The third-order valence-electron chi connectivity index (χ3n) is 4.54. The Hall–Kier alpha value is -1.31. The maximum atomic E-state index is 13.5. The second kappa shape index (κ2) is 10.6. The van der Waals surface area contributed by atoms with Crippen LogP contribution in [-0.2, 0) is 0 Å². The molecule has 0 atom stereocenters. The predicted octanol–water partition coefficient (Wildman–Crippen LogP) is 6.00. The zero-order chi connectivity index (χ0) is 20.3. The van der Waals surface area contributed by atoms with Gasteiger partial charge in [-0.05, 0) is 70.1 Å². The minimum absolute atomic E-state index is 0. The molecule has 0 aliphatic carbocycles. The molecule has 0 spiro atoms. The molecule has 1 heterocycles. The molecule has 0 aliphatic heterocycles.